The molecule has 0 bridgehead atoms. The minimum absolute atomic E-state index is 0.155. The van der Waals surface area contributed by atoms with Crippen molar-refractivity contribution in [3.8, 4) is 0 Å². The number of benzene rings is 1. The number of aryl methyl sites for hydroxylation is 1. The summed E-state index contributed by atoms with van der Waals surface area (Å²) >= 11 is 3.42. The Morgan fingerprint density at radius 2 is 2.35 bits per heavy atom. The highest BCUT2D eigenvalue weighted by Crippen LogP contribution is 2.21. The summed E-state index contributed by atoms with van der Waals surface area (Å²) in [7, 11) is 0. The third-order valence-corrected chi connectivity index (χ3v) is 3.73. The lowest BCUT2D eigenvalue weighted by atomic mass is 10.2. The van der Waals surface area contributed by atoms with Crippen molar-refractivity contribution in [3.63, 3.8) is 0 Å². The van der Waals surface area contributed by atoms with Crippen molar-refractivity contribution in [1.82, 2.24) is 4.90 Å². The second kappa shape index (κ2) is 5.06. The van der Waals surface area contributed by atoms with Gasteiger partial charge in [0.05, 0.1) is 6.10 Å². The average molecular weight is 299 g/mol. The molecule has 0 spiro atoms. The molecule has 1 aromatic rings. The predicted octanol–water partition coefficient (Wildman–Crippen LogP) is 2.36. The molecule has 17 heavy (non-hydrogen) atoms. The molecular weight excluding hydrogens is 284 g/mol. The highest BCUT2D eigenvalue weighted by atomic mass is 79.9. The van der Waals surface area contributed by atoms with Crippen LogP contribution >= 0.6 is 15.9 Å². The zero-order valence-electron chi connectivity index (χ0n) is 9.61. The van der Waals surface area contributed by atoms with Crippen LogP contribution in [0.1, 0.15) is 12.0 Å². The molecule has 5 heteroatoms. The van der Waals surface area contributed by atoms with Gasteiger partial charge in [-0.25, -0.2) is 4.79 Å². The van der Waals surface area contributed by atoms with Crippen LogP contribution in [-0.4, -0.2) is 35.2 Å². The fourth-order valence-corrected chi connectivity index (χ4v) is 2.18. The summed E-state index contributed by atoms with van der Waals surface area (Å²) in [5.74, 6) is 0. The van der Waals surface area contributed by atoms with Gasteiger partial charge in [-0.2, -0.15) is 0 Å². The number of hydrogen-bond acceptors (Lipinski definition) is 2. The Morgan fingerprint density at radius 3 is 2.94 bits per heavy atom. The third kappa shape index (κ3) is 2.98. The van der Waals surface area contributed by atoms with Gasteiger partial charge in [-0.3, -0.25) is 0 Å². The SMILES string of the molecule is Cc1ccc(NC(=O)N2CC[C@H](O)C2)cc1Br. The molecule has 2 N–H and O–H groups in total. The molecule has 1 aliphatic rings. The molecule has 1 heterocycles. The molecule has 4 nitrogen and oxygen atoms in total. The maximum absolute atomic E-state index is 11.8. The molecule has 0 saturated carbocycles. The first kappa shape index (κ1) is 12.4. The Hall–Kier alpha value is -1.07. The van der Waals surface area contributed by atoms with Gasteiger partial charge in [0.1, 0.15) is 0 Å². The molecule has 0 unspecified atom stereocenters. The molecule has 1 aromatic carbocycles. The van der Waals surface area contributed by atoms with E-state index in [0.29, 0.717) is 19.5 Å². The molecule has 0 aliphatic carbocycles. The van der Waals surface area contributed by atoms with Gasteiger partial charge in [0.25, 0.3) is 0 Å². The van der Waals surface area contributed by atoms with Crippen LogP contribution in [0.15, 0.2) is 22.7 Å². The van der Waals surface area contributed by atoms with E-state index < -0.39 is 0 Å². The summed E-state index contributed by atoms with van der Waals surface area (Å²) in [5, 5.41) is 12.2. The maximum Gasteiger partial charge on any atom is 0.321 e. The lowest BCUT2D eigenvalue weighted by Crippen LogP contribution is -2.33. The van der Waals surface area contributed by atoms with Crippen molar-refractivity contribution in [1.29, 1.82) is 0 Å². The van der Waals surface area contributed by atoms with E-state index in [1.165, 1.54) is 0 Å². The van der Waals surface area contributed by atoms with Crippen LogP contribution in [0.2, 0.25) is 0 Å². The molecular formula is C12H15BrN2O2. The van der Waals surface area contributed by atoms with Crippen LogP contribution in [0.25, 0.3) is 0 Å². The number of aliphatic hydroxyl groups excluding tert-OH is 1. The van der Waals surface area contributed by atoms with E-state index in [1.807, 2.05) is 25.1 Å². The summed E-state index contributed by atoms with van der Waals surface area (Å²) in [5.41, 5.74) is 1.88. The van der Waals surface area contributed by atoms with E-state index in [4.69, 9.17) is 0 Å². The normalized spacial score (nSPS) is 19.5. The molecule has 1 saturated heterocycles. The summed E-state index contributed by atoms with van der Waals surface area (Å²) < 4.78 is 0.969. The minimum Gasteiger partial charge on any atom is -0.391 e. The van der Waals surface area contributed by atoms with Gasteiger partial charge in [0, 0.05) is 23.2 Å². The summed E-state index contributed by atoms with van der Waals surface area (Å²) in [6, 6.07) is 5.53. The number of carbonyl (C=O) groups excluding carboxylic acids is 1. The number of carbonyl (C=O) groups is 1. The van der Waals surface area contributed by atoms with Gasteiger partial charge in [0.2, 0.25) is 0 Å². The van der Waals surface area contributed by atoms with Crippen LogP contribution in [0.4, 0.5) is 10.5 Å². The lowest BCUT2D eigenvalue weighted by Gasteiger charge is -2.16. The second-order valence-electron chi connectivity index (χ2n) is 4.28. The Bertz CT molecular complexity index is 437. The van der Waals surface area contributed by atoms with Crippen LogP contribution in [0, 0.1) is 6.92 Å². The Balaban J connectivity index is 2.00. The van der Waals surface area contributed by atoms with Gasteiger partial charge >= 0.3 is 6.03 Å². The van der Waals surface area contributed by atoms with Crippen molar-refractivity contribution in [2.45, 2.75) is 19.4 Å². The maximum atomic E-state index is 11.8. The lowest BCUT2D eigenvalue weighted by molar-refractivity contribution is 0.176. The number of nitrogens with zero attached hydrogens (tertiary/aromatic N) is 1. The first-order valence-corrected chi connectivity index (χ1v) is 6.35. The number of aliphatic hydroxyl groups is 1. The summed E-state index contributed by atoms with van der Waals surface area (Å²) in [6.45, 7) is 3.02. The van der Waals surface area contributed by atoms with Crippen molar-refractivity contribution < 1.29 is 9.90 Å². The van der Waals surface area contributed by atoms with Crippen LogP contribution < -0.4 is 5.32 Å². The molecule has 0 radical (unpaired) electrons. The molecule has 92 valence electrons. The average Bonchev–Trinajstić information content (AvgIpc) is 2.70. The van der Waals surface area contributed by atoms with Crippen LogP contribution in [0.3, 0.4) is 0 Å². The smallest absolute Gasteiger partial charge is 0.321 e. The zero-order chi connectivity index (χ0) is 12.4. The molecule has 0 aromatic heterocycles. The van der Waals surface area contributed by atoms with E-state index in [1.54, 1.807) is 4.90 Å². The van der Waals surface area contributed by atoms with Crippen LogP contribution in [0.5, 0.6) is 0 Å². The Morgan fingerprint density at radius 1 is 1.59 bits per heavy atom. The fourth-order valence-electron chi connectivity index (χ4n) is 1.80. The largest absolute Gasteiger partial charge is 0.391 e. The number of anilines is 1. The Kier molecular flexibility index (Phi) is 3.69. The number of halogens is 1. The highest BCUT2D eigenvalue weighted by molar-refractivity contribution is 9.10. The van der Waals surface area contributed by atoms with Gasteiger partial charge in [-0.1, -0.05) is 22.0 Å². The van der Waals surface area contributed by atoms with Crippen molar-refractivity contribution in [2.24, 2.45) is 0 Å². The van der Waals surface area contributed by atoms with Crippen molar-refractivity contribution in [3.05, 3.63) is 28.2 Å². The third-order valence-electron chi connectivity index (χ3n) is 2.87. The van der Waals surface area contributed by atoms with Crippen molar-refractivity contribution in [2.75, 3.05) is 18.4 Å². The van der Waals surface area contributed by atoms with E-state index in [2.05, 4.69) is 21.2 Å². The second-order valence-corrected chi connectivity index (χ2v) is 5.14. The number of amides is 2. The monoisotopic (exact) mass is 298 g/mol. The number of rotatable bonds is 1. The zero-order valence-corrected chi connectivity index (χ0v) is 11.2. The van der Waals surface area contributed by atoms with Gasteiger partial charge in [-0.05, 0) is 31.0 Å². The van der Waals surface area contributed by atoms with Crippen LogP contribution in [-0.2, 0) is 0 Å². The van der Waals surface area contributed by atoms with Gasteiger partial charge < -0.3 is 15.3 Å². The molecule has 1 atom stereocenters. The van der Waals surface area contributed by atoms with Gasteiger partial charge in [0.15, 0.2) is 0 Å². The van der Waals surface area contributed by atoms with Gasteiger partial charge in [-0.15, -0.1) is 0 Å². The first-order valence-electron chi connectivity index (χ1n) is 5.56. The summed E-state index contributed by atoms with van der Waals surface area (Å²) in [4.78, 5) is 13.5. The number of urea groups is 1. The minimum atomic E-state index is -0.384. The molecule has 2 rings (SSSR count). The van der Waals surface area contributed by atoms with E-state index in [0.717, 1.165) is 15.7 Å². The number of β-amino-alcohol motifs (C(OH)–C–C–N with tert-alkyl or cyclic N) is 1. The topological polar surface area (TPSA) is 52.6 Å². The van der Waals surface area contributed by atoms with E-state index in [9.17, 15) is 9.90 Å². The van der Waals surface area contributed by atoms with E-state index in [-0.39, 0.29) is 12.1 Å². The highest BCUT2D eigenvalue weighted by Gasteiger charge is 2.24. The standard InChI is InChI=1S/C12H15BrN2O2/c1-8-2-3-9(6-11(8)13)14-12(17)15-5-4-10(16)7-15/h2-3,6,10,16H,4-5,7H2,1H3,(H,14,17)/t10-/m0/s1. The number of likely N-dealkylation sites (tertiary alicyclic amines) is 1. The molecule has 1 aliphatic heterocycles. The molecule has 1 fully saturated rings. The van der Waals surface area contributed by atoms with E-state index >= 15 is 0 Å². The quantitative estimate of drug-likeness (QED) is 0.836. The predicted molar refractivity (Wildman–Crippen MR) is 70.1 cm³/mol. The number of nitrogens with one attached hydrogen (secondary N) is 1. The summed E-state index contributed by atoms with van der Waals surface area (Å²) in [6.07, 6.45) is 0.274. The Labute approximate surface area is 109 Å². The van der Waals surface area contributed by atoms with Crippen molar-refractivity contribution >= 4 is 27.6 Å². The molecule has 2 amide bonds. The fraction of sp³-hybridized carbons (Fsp3) is 0.417. The number of hydrogen-bond donors (Lipinski definition) is 2. The first-order chi connectivity index (χ1) is 8.06.